The maximum atomic E-state index is 12.9. The van der Waals surface area contributed by atoms with E-state index < -0.39 is 17.9 Å². The molecule has 0 aliphatic carbocycles. The van der Waals surface area contributed by atoms with Gasteiger partial charge in [-0.3, -0.25) is 0 Å². The highest BCUT2D eigenvalue weighted by Crippen LogP contribution is 2.37. The van der Waals surface area contributed by atoms with Crippen LogP contribution in [0.2, 0.25) is 0 Å². The zero-order valence-electron chi connectivity index (χ0n) is 21.3. The van der Waals surface area contributed by atoms with Crippen molar-refractivity contribution in [3.05, 3.63) is 16.7 Å². The van der Waals surface area contributed by atoms with Crippen molar-refractivity contribution in [2.24, 2.45) is 16.2 Å². The molecule has 0 heterocycles. The van der Waals surface area contributed by atoms with E-state index in [9.17, 15) is 14.4 Å². The molecule has 1 rings (SSSR count). The minimum absolute atomic E-state index is 0.0582. The predicted octanol–water partition coefficient (Wildman–Crippen LogP) is 4.04. The first kappa shape index (κ1) is 28.1. The van der Waals surface area contributed by atoms with Gasteiger partial charge in [0.15, 0.2) is 0 Å². The van der Waals surface area contributed by atoms with E-state index in [2.05, 4.69) is 0 Å². The maximum absolute atomic E-state index is 12.9. The highest BCUT2D eigenvalue weighted by Gasteiger charge is 2.33. The monoisotopic (exact) mass is 465 g/mol. The predicted molar refractivity (Wildman–Crippen MR) is 129 cm³/mol. The molecule has 0 saturated heterocycles. The molecular formula is C24H39N3O6. The van der Waals surface area contributed by atoms with Crippen LogP contribution in [0.1, 0.15) is 93.4 Å². The van der Waals surface area contributed by atoms with Crippen LogP contribution >= 0.6 is 0 Å². The Morgan fingerprint density at radius 1 is 0.515 bits per heavy atom. The zero-order chi connectivity index (χ0) is 25.9. The second kappa shape index (κ2) is 9.89. The molecule has 9 nitrogen and oxygen atoms in total. The van der Waals surface area contributed by atoms with Gasteiger partial charge in [-0.15, -0.1) is 0 Å². The summed E-state index contributed by atoms with van der Waals surface area (Å²) in [6.07, 6.45) is 0. The third-order valence-corrected chi connectivity index (χ3v) is 4.14. The van der Waals surface area contributed by atoms with E-state index >= 15 is 0 Å². The Morgan fingerprint density at radius 3 is 0.848 bits per heavy atom. The number of carbonyl (C=O) groups excluding carboxylic acids is 3. The number of rotatable bonds is 6. The van der Waals surface area contributed by atoms with Crippen molar-refractivity contribution < 1.29 is 28.6 Å². The number of benzene rings is 1. The van der Waals surface area contributed by atoms with Crippen molar-refractivity contribution in [2.75, 3.05) is 37.0 Å². The van der Waals surface area contributed by atoms with Gasteiger partial charge in [-0.2, -0.15) is 0 Å². The lowest BCUT2D eigenvalue weighted by molar-refractivity contribution is 0.0364. The van der Waals surface area contributed by atoms with Crippen LogP contribution < -0.4 is 17.2 Å². The third kappa shape index (κ3) is 8.14. The fourth-order valence-electron chi connectivity index (χ4n) is 2.53. The summed E-state index contributed by atoms with van der Waals surface area (Å²) in [5, 5.41) is 0. The Labute approximate surface area is 196 Å². The lowest BCUT2D eigenvalue weighted by Crippen LogP contribution is -2.26. The fraction of sp³-hybridized carbons (Fsp3) is 0.625. The first-order chi connectivity index (χ1) is 14.7. The Morgan fingerprint density at radius 2 is 0.697 bits per heavy atom. The Bertz CT molecular complexity index is 778. The molecule has 0 saturated carbocycles. The minimum Gasteiger partial charge on any atom is -0.461 e. The van der Waals surface area contributed by atoms with Crippen molar-refractivity contribution in [1.29, 1.82) is 0 Å². The smallest absolute Gasteiger partial charge is 0.342 e. The number of carbonyl (C=O) groups is 3. The van der Waals surface area contributed by atoms with E-state index in [0.717, 1.165) is 0 Å². The highest BCUT2D eigenvalue weighted by atomic mass is 16.5. The summed E-state index contributed by atoms with van der Waals surface area (Å²) in [5.74, 6) is -2.64. The summed E-state index contributed by atoms with van der Waals surface area (Å²) in [4.78, 5) is 38.7. The lowest BCUT2D eigenvalue weighted by atomic mass is 9.95. The zero-order valence-corrected chi connectivity index (χ0v) is 21.3. The first-order valence-electron chi connectivity index (χ1n) is 10.8. The summed E-state index contributed by atoms with van der Waals surface area (Å²) in [6.45, 7) is 17.1. The van der Waals surface area contributed by atoms with Gasteiger partial charge in [0.05, 0.1) is 36.9 Å². The van der Waals surface area contributed by atoms with Crippen molar-refractivity contribution in [3.8, 4) is 0 Å². The van der Waals surface area contributed by atoms with Gasteiger partial charge in [-0.05, 0) is 16.2 Å². The molecule has 0 aliphatic rings. The van der Waals surface area contributed by atoms with Crippen molar-refractivity contribution in [1.82, 2.24) is 0 Å². The topological polar surface area (TPSA) is 157 Å². The van der Waals surface area contributed by atoms with Crippen molar-refractivity contribution >= 4 is 35.0 Å². The average Bonchev–Trinajstić information content (AvgIpc) is 2.61. The van der Waals surface area contributed by atoms with Gasteiger partial charge in [-0.1, -0.05) is 62.3 Å². The summed E-state index contributed by atoms with van der Waals surface area (Å²) >= 11 is 0. The molecule has 6 N–H and O–H groups in total. The third-order valence-electron chi connectivity index (χ3n) is 4.14. The quantitative estimate of drug-likeness (QED) is 0.320. The Hall–Kier alpha value is -2.97. The van der Waals surface area contributed by atoms with Crippen molar-refractivity contribution in [2.45, 2.75) is 62.3 Å². The number of hydrogen-bond donors (Lipinski definition) is 3. The molecule has 0 aromatic heterocycles. The molecule has 0 bridgehead atoms. The van der Waals surface area contributed by atoms with Crippen LogP contribution in [0, 0.1) is 16.2 Å². The number of anilines is 3. The van der Waals surface area contributed by atoms with Gasteiger partial charge >= 0.3 is 17.9 Å². The maximum Gasteiger partial charge on any atom is 0.342 e. The molecule has 0 aliphatic heterocycles. The molecular weight excluding hydrogens is 426 g/mol. The molecule has 186 valence electrons. The van der Waals surface area contributed by atoms with Crippen molar-refractivity contribution in [3.63, 3.8) is 0 Å². The number of hydrogen-bond acceptors (Lipinski definition) is 9. The van der Waals surface area contributed by atoms with Crippen LogP contribution in [0.25, 0.3) is 0 Å². The largest absolute Gasteiger partial charge is 0.461 e. The van der Waals surface area contributed by atoms with Gasteiger partial charge < -0.3 is 31.4 Å². The normalized spacial score (nSPS) is 12.3. The van der Waals surface area contributed by atoms with Crippen LogP contribution in [0.3, 0.4) is 0 Å². The molecule has 1 aromatic rings. The van der Waals surface area contributed by atoms with Gasteiger partial charge in [0.25, 0.3) is 0 Å². The second-order valence-electron chi connectivity index (χ2n) is 11.8. The van der Waals surface area contributed by atoms with E-state index in [1.54, 1.807) is 0 Å². The summed E-state index contributed by atoms with van der Waals surface area (Å²) in [7, 11) is 0. The summed E-state index contributed by atoms with van der Waals surface area (Å²) < 4.78 is 16.0. The summed E-state index contributed by atoms with van der Waals surface area (Å²) in [5.41, 5.74) is 15.6. The minimum atomic E-state index is -0.880. The molecule has 0 amide bonds. The van der Waals surface area contributed by atoms with E-state index in [-0.39, 0.29) is 69.8 Å². The van der Waals surface area contributed by atoms with Gasteiger partial charge in [-0.25, -0.2) is 14.4 Å². The summed E-state index contributed by atoms with van der Waals surface area (Å²) in [6, 6.07) is 0. The van der Waals surface area contributed by atoms with E-state index in [0.29, 0.717) is 0 Å². The molecule has 33 heavy (non-hydrogen) atoms. The number of nitrogen functional groups attached to an aromatic ring is 3. The molecule has 0 radical (unpaired) electrons. The second-order valence-corrected chi connectivity index (χ2v) is 11.8. The van der Waals surface area contributed by atoms with Crippen LogP contribution in [-0.4, -0.2) is 37.7 Å². The standard InChI is InChI=1S/C24H39N3O6/c1-22(2,3)10-31-19(28)13-16(25)14(20(29)32-11-23(4,5)6)18(27)15(17(13)26)21(30)33-12-24(7,8)9/h10-12,25-27H2,1-9H3. The Kier molecular flexibility index (Phi) is 8.41. The number of nitrogens with two attached hydrogens (primary N) is 3. The molecule has 0 atom stereocenters. The molecule has 1 aromatic carbocycles. The first-order valence-corrected chi connectivity index (χ1v) is 10.8. The Balaban J connectivity index is 3.62. The number of esters is 3. The van der Waals surface area contributed by atoms with Crippen LogP contribution in [0.15, 0.2) is 0 Å². The van der Waals surface area contributed by atoms with Gasteiger partial charge in [0, 0.05) is 0 Å². The molecule has 0 unspecified atom stereocenters. The SMILES string of the molecule is CC(C)(C)COC(=O)c1c(N)c(C(=O)OCC(C)(C)C)c(N)c(C(=O)OCC(C)(C)C)c1N. The highest BCUT2D eigenvalue weighted by molar-refractivity contribution is 6.17. The molecule has 0 fully saturated rings. The van der Waals surface area contributed by atoms with Crippen LogP contribution in [0.5, 0.6) is 0 Å². The average molecular weight is 466 g/mol. The van der Waals surface area contributed by atoms with Crippen LogP contribution in [0.4, 0.5) is 17.1 Å². The van der Waals surface area contributed by atoms with Crippen LogP contribution in [-0.2, 0) is 14.2 Å². The van der Waals surface area contributed by atoms with Gasteiger partial charge in [0.2, 0.25) is 0 Å². The number of ether oxygens (including phenoxy) is 3. The van der Waals surface area contributed by atoms with E-state index in [1.807, 2.05) is 62.3 Å². The van der Waals surface area contributed by atoms with E-state index in [4.69, 9.17) is 31.4 Å². The van der Waals surface area contributed by atoms with Gasteiger partial charge in [0.1, 0.15) is 16.7 Å². The lowest BCUT2D eigenvalue weighted by Gasteiger charge is -2.23. The fourth-order valence-corrected chi connectivity index (χ4v) is 2.53. The molecule has 0 spiro atoms. The molecule has 9 heteroatoms. The van der Waals surface area contributed by atoms with E-state index in [1.165, 1.54) is 0 Å².